The van der Waals surface area contributed by atoms with Gasteiger partial charge in [-0.05, 0) is 152 Å². The molecule has 57 heavy (non-hydrogen) atoms. The van der Waals surface area contributed by atoms with Crippen LogP contribution in [0, 0.1) is 0 Å². The van der Waals surface area contributed by atoms with Crippen molar-refractivity contribution in [3.05, 3.63) is 181 Å². The molecule has 0 saturated heterocycles. The van der Waals surface area contributed by atoms with Crippen molar-refractivity contribution in [1.82, 2.24) is 0 Å². The standard InChI is InChI=1S/C54H40N2S/c1-2-14-38-31-39(22-21-35(38)11-1)53-44-26-24-42(56-30-10-16-37-13-4-7-19-50(37)56)34-48(44)54(40-23-28-52-46(32-40)43-17-5-8-20-51(43)57-52)45-27-25-41(33-47(45)53)55-29-9-15-36-12-3-6-18-49(36)55/h1-8,11-14,17-28,31-34H,9-10,15-16,29-30H2. The van der Waals surface area contributed by atoms with E-state index in [2.05, 4.69) is 180 Å². The molecule has 0 amide bonds. The molecule has 12 rings (SSSR count). The summed E-state index contributed by atoms with van der Waals surface area (Å²) < 4.78 is 2.67. The van der Waals surface area contributed by atoms with Crippen molar-refractivity contribution in [2.75, 3.05) is 22.9 Å². The number of para-hydroxylation sites is 2. The fourth-order valence-electron chi connectivity index (χ4n) is 9.99. The van der Waals surface area contributed by atoms with E-state index in [1.54, 1.807) is 0 Å². The van der Waals surface area contributed by atoms with Gasteiger partial charge in [-0.2, -0.15) is 0 Å². The minimum atomic E-state index is 1.01. The van der Waals surface area contributed by atoms with Crippen LogP contribution in [0.3, 0.4) is 0 Å². The molecule has 3 heteroatoms. The van der Waals surface area contributed by atoms with Crippen LogP contribution in [-0.2, 0) is 12.8 Å². The summed E-state index contributed by atoms with van der Waals surface area (Å²) in [6.45, 7) is 2.02. The summed E-state index contributed by atoms with van der Waals surface area (Å²) in [5.41, 5.74) is 13.2. The van der Waals surface area contributed by atoms with Gasteiger partial charge >= 0.3 is 0 Å². The summed E-state index contributed by atoms with van der Waals surface area (Å²) in [7, 11) is 0. The number of hydrogen-bond acceptors (Lipinski definition) is 3. The molecule has 9 aromatic carbocycles. The smallest absolute Gasteiger partial charge is 0.0443 e. The molecule has 10 aromatic rings. The Hall–Kier alpha value is -6.42. The molecule has 1 aromatic heterocycles. The van der Waals surface area contributed by atoms with Crippen LogP contribution in [0.2, 0.25) is 0 Å². The first kappa shape index (κ1) is 32.8. The van der Waals surface area contributed by atoms with Crippen LogP contribution in [0.15, 0.2) is 170 Å². The van der Waals surface area contributed by atoms with Crippen molar-refractivity contribution in [3.8, 4) is 22.3 Å². The fourth-order valence-corrected chi connectivity index (χ4v) is 11.1. The largest absolute Gasteiger partial charge is 0.341 e. The third-order valence-corrected chi connectivity index (χ3v) is 13.8. The van der Waals surface area contributed by atoms with E-state index in [4.69, 9.17) is 0 Å². The van der Waals surface area contributed by atoms with Crippen molar-refractivity contribution in [1.29, 1.82) is 0 Å². The van der Waals surface area contributed by atoms with Gasteiger partial charge < -0.3 is 9.80 Å². The summed E-state index contributed by atoms with van der Waals surface area (Å²) in [6.07, 6.45) is 4.54. The van der Waals surface area contributed by atoms with E-state index in [9.17, 15) is 0 Å². The van der Waals surface area contributed by atoms with E-state index in [0.29, 0.717) is 0 Å². The summed E-state index contributed by atoms with van der Waals surface area (Å²) in [4.78, 5) is 5.10. The number of fused-ring (bicyclic) bond motifs is 8. The molecule has 2 nitrogen and oxygen atoms in total. The van der Waals surface area contributed by atoms with Gasteiger partial charge in [0, 0.05) is 56.0 Å². The maximum absolute atomic E-state index is 2.55. The number of thiophene rings is 1. The van der Waals surface area contributed by atoms with E-state index >= 15 is 0 Å². The average Bonchev–Trinajstić information content (AvgIpc) is 3.65. The highest BCUT2D eigenvalue weighted by molar-refractivity contribution is 7.25. The number of nitrogens with zero attached hydrogens (tertiary/aromatic N) is 2. The first-order valence-electron chi connectivity index (χ1n) is 20.4. The zero-order valence-electron chi connectivity index (χ0n) is 31.7. The second-order valence-electron chi connectivity index (χ2n) is 15.8. The third-order valence-electron chi connectivity index (χ3n) is 12.6. The number of anilines is 4. The Morgan fingerprint density at radius 2 is 0.912 bits per heavy atom. The molecule has 2 aliphatic rings. The van der Waals surface area contributed by atoms with Crippen molar-refractivity contribution >= 4 is 86.6 Å². The third kappa shape index (κ3) is 5.30. The molecule has 3 heterocycles. The fraction of sp³-hybridized carbons (Fsp3) is 0.111. The molecule has 0 saturated carbocycles. The van der Waals surface area contributed by atoms with Crippen LogP contribution in [0.25, 0.3) is 74.7 Å². The Morgan fingerprint density at radius 3 is 1.60 bits per heavy atom. The van der Waals surface area contributed by atoms with Gasteiger partial charge in [0.05, 0.1) is 0 Å². The van der Waals surface area contributed by atoms with Crippen molar-refractivity contribution in [2.45, 2.75) is 25.7 Å². The quantitative estimate of drug-likeness (QED) is 0.165. The maximum Gasteiger partial charge on any atom is 0.0443 e. The highest BCUT2D eigenvalue weighted by Gasteiger charge is 2.24. The monoisotopic (exact) mass is 748 g/mol. The van der Waals surface area contributed by atoms with Gasteiger partial charge in [0.1, 0.15) is 0 Å². The Morgan fingerprint density at radius 1 is 0.368 bits per heavy atom. The number of benzene rings is 9. The molecule has 272 valence electrons. The predicted octanol–water partition coefficient (Wildman–Crippen LogP) is 15.0. The van der Waals surface area contributed by atoms with Gasteiger partial charge in [-0.3, -0.25) is 0 Å². The molecule has 2 aliphatic heterocycles. The molecule has 0 atom stereocenters. The summed E-state index contributed by atoms with van der Waals surface area (Å²) in [5.74, 6) is 0. The van der Waals surface area contributed by atoms with E-state index in [1.165, 1.54) is 109 Å². The summed E-state index contributed by atoms with van der Waals surface area (Å²) in [6, 6.07) is 64.5. The van der Waals surface area contributed by atoms with Gasteiger partial charge in [-0.15, -0.1) is 11.3 Å². The minimum absolute atomic E-state index is 1.01. The molecular weight excluding hydrogens is 709 g/mol. The Balaban J connectivity index is 1.19. The van der Waals surface area contributed by atoms with Gasteiger partial charge in [0.2, 0.25) is 0 Å². The molecule has 0 spiro atoms. The van der Waals surface area contributed by atoms with Crippen molar-refractivity contribution in [3.63, 3.8) is 0 Å². The highest BCUT2D eigenvalue weighted by atomic mass is 32.1. The van der Waals surface area contributed by atoms with E-state index in [0.717, 1.165) is 38.8 Å². The van der Waals surface area contributed by atoms with Crippen LogP contribution < -0.4 is 9.80 Å². The first-order valence-corrected chi connectivity index (χ1v) is 21.2. The number of aryl methyl sites for hydroxylation is 2. The van der Waals surface area contributed by atoms with E-state index in [-0.39, 0.29) is 0 Å². The molecule has 0 radical (unpaired) electrons. The van der Waals surface area contributed by atoms with Gasteiger partial charge in [-0.1, -0.05) is 109 Å². The van der Waals surface area contributed by atoms with Crippen LogP contribution >= 0.6 is 11.3 Å². The number of hydrogen-bond donors (Lipinski definition) is 0. The molecule has 0 bridgehead atoms. The van der Waals surface area contributed by atoms with Crippen molar-refractivity contribution < 1.29 is 0 Å². The normalized spacial score (nSPS) is 14.2. The predicted molar refractivity (Wildman–Crippen MR) is 246 cm³/mol. The van der Waals surface area contributed by atoms with E-state index < -0.39 is 0 Å². The average molecular weight is 749 g/mol. The van der Waals surface area contributed by atoms with Gasteiger partial charge in [0.15, 0.2) is 0 Å². The highest BCUT2D eigenvalue weighted by Crippen LogP contribution is 2.49. The minimum Gasteiger partial charge on any atom is -0.341 e. The molecule has 0 N–H and O–H groups in total. The lowest BCUT2D eigenvalue weighted by Crippen LogP contribution is -2.24. The Kier molecular flexibility index (Phi) is 7.52. The lowest BCUT2D eigenvalue weighted by atomic mass is 9.84. The molecule has 0 aliphatic carbocycles. The summed E-state index contributed by atoms with van der Waals surface area (Å²) >= 11 is 1.89. The van der Waals surface area contributed by atoms with Crippen LogP contribution in [0.5, 0.6) is 0 Å². The first-order chi connectivity index (χ1) is 28.2. The Bertz CT molecular complexity index is 3230. The lowest BCUT2D eigenvalue weighted by molar-refractivity contribution is 0.767. The van der Waals surface area contributed by atoms with Crippen molar-refractivity contribution in [2.24, 2.45) is 0 Å². The van der Waals surface area contributed by atoms with Crippen LogP contribution in [0.1, 0.15) is 24.0 Å². The molecule has 0 unspecified atom stereocenters. The Labute approximate surface area is 336 Å². The zero-order valence-corrected chi connectivity index (χ0v) is 32.5. The van der Waals surface area contributed by atoms with E-state index in [1.807, 2.05) is 11.3 Å². The second-order valence-corrected chi connectivity index (χ2v) is 16.9. The molecule has 0 fully saturated rings. The number of rotatable bonds is 4. The zero-order chi connectivity index (χ0) is 37.5. The molecular formula is C54H40N2S. The van der Waals surface area contributed by atoms with Crippen LogP contribution in [-0.4, -0.2) is 13.1 Å². The summed E-state index contributed by atoms with van der Waals surface area (Å²) in [5, 5.41) is 10.3. The topological polar surface area (TPSA) is 6.48 Å². The van der Waals surface area contributed by atoms with Crippen LogP contribution in [0.4, 0.5) is 22.7 Å². The SMILES string of the molecule is c1ccc2c(c1)CCCN2c1ccc2c(-c3ccc4sc5ccccc5c4c3)c3cc(N4CCCc5ccccc54)ccc3c(-c3ccc4ccccc4c3)c2c1. The van der Waals surface area contributed by atoms with Gasteiger partial charge in [0.25, 0.3) is 0 Å². The van der Waals surface area contributed by atoms with Gasteiger partial charge in [-0.25, -0.2) is 0 Å². The maximum atomic E-state index is 2.55. The second kappa shape index (κ2) is 13.1. The lowest BCUT2D eigenvalue weighted by Gasteiger charge is -2.32.